The van der Waals surface area contributed by atoms with Crippen LogP contribution >= 0.6 is 0 Å². The molecule has 1 aliphatic heterocycles. The summed E-state index contributed by atoms with van der Waals surface area (Å²) in [6.45, 7) is 0.743. The van der Waals surface area contributed by atoms with E-state index in [-0.39, 0.29) is 23.9 Å². The summed E-state index contributed by atoms with van der Waals surface area (Å²) in [6, 6.07) is 20.5. The zero-order valence-electron chi connectivity index (χ0n) is 18.0. The lowest BCUT2D eigenvalue weighted by Crippen LogP contribution is -2.31. The van der Waals surface area contributed by atoms with Gasteiger partial charge < -0.3 is 20.1 Å². The molecule has 0 aliphatic carbocycles. The summed E-state index contributed by atoms with van der Waals surface area (Å²) in [5.41, 5.74) is 1.59. The van der Waals surface area contributed by atoms with E-state index in [1.807, 2.05) is 30.3 Å². The smallest absolute Gasteiger partial charge is 0.323 e. The van der Waals surface area contributed by atoms with Crippen LogP contribution in [0.15, 0.2) is 72.8 Å². The number of anilines is 2. The van der Waals surface area contributed by atoms with Crippen LogP contribution in [0.3, 0.4) is 0 Å². The zero-order chi connectivity index (χ0) is 23.2. The number of hydrogen-bond acceptors (Lipinski definition) is 5. The molecule has 3 aromatic carbocycles. The third kappa shape index (κ3) is 5.19. The Kier molecular flexibility index (Phi) is 6.66. The fourth-order valence-electron chi connectivity index (χ4n) is 3.46. The third-order valence-corrected chi connectivity index (χ3v) is 5.05. The van der Waals surface area contributed by atoms with Gasteiger partial charge in [0.25, 0.3) is 11.8 Å². The molecule has 0 unspecified atom stereocenters. The summed E-state index contributed by atoms with van der Waals surface area (Å²) in [6.07, 6.45) is 0.560. The third-order valence-electron chi connectivity index (χ3n) is 5.05. The minimum Gasteiger partial charge on any atom is -0.457 e. The maximum Gasteiger partial charge on any atom is 0.323 e. The van der Waals surface area contributed by atoms with Crippen molar-refractivity contribution in [2.75, 3.05) is 30.9 Å². The Balaban J connectivity index is 1.36. The second kappa shape index (κ2) is 9.97. The maximum atomic E-state index is 12.6. The molecule has 0 fully saturated rings. The minimum atomic E-state index is -0.472. The van der Waals surface area contributed by atoms with Crippen molar-refractivity contribution in [3.05, 3.63) is 83.9 Å². The summed E-state index contributed by atoms with van der Waals surface area (Å²) < 4.78 is 10.7. The highest BCUT2D eigenvalue weighted by molar-refractivity contribution is 6.22. The molecule has 0 saturated heterocycles. The molecule has 8 nitrogen and oxygen atoms in total. The quantitative estimate of drug-likeness (QED) is 0.385. The van der Waals surface area contributed by atoms with Crippen molar-refractivity contribution in [2.45, 2.75) is 6.42 Å². The fourth-order valence-corrected chi connectivity index (χ4v) is 3.46. The van der Waals surface area contributed by atoms with E-state index in [4.69, 9.17) is 9.47 Å². The Bertz CT molecular complexity index is 1160. The van der Waals surface area contributed by atoms with Crippen molar-refractivity contribution in [1.29, 1.82) is 0 Å². The average Bonchev–Trinajstić information content (AvgIpc) is 3.05. The Morgan fingerprint density at radius 3 is 2.18 bits per heavy atom. The molecule has 0 aromatic heterocycles. The van der Waals surface area contributed by atoms with E-state index < -0.39 is 6.03 Å². The number of hydrogen-bond donors (Lipinski definition) is 2. The van der Waals surface area contributed by atoms with Gasteiger partial charge in [-0.15, -0.1) is 0 Å². The van der Waals surface area contributed by atoms with Crippen LogP contribution in [0.2, 0.25) is 0 Å². The first-order valence-electron chi connectivity index (χ1n) is 10.5. The number of imide groups is 1. The molecule has 3 aromatic rings. The van der Waals surface area contributed by atoms with E-state index in [1.54, 1.807) is 43.5 Å². The van der Waals surface area contributed by atoms with Gasteiger partial charge in [0.1, 0.15) is 11.5 Å². The Hall–Kier alpha value is -4.17. The van der Waals surface area contributed by atoms with Gasteiger partial charge in [-0.2, -0.15) is 0 Å². The van der Waals surface area contributed by atoms with Crippen LogP contribution in [0, 0.1) is 0 Å². The second-order valence-corrected chi connectivity index (χ2v) is 7.39. The van der Waals surface area contributed by atoms with Gasteiger partial charge in [0.05, 0.1) is 11.1 Å². The normalized spacial score (nSPS) is 12.5. The van der Waals surface area contributed by atoms with Gasteiger partial charge in [0, 0.05) is 31.6 Å². The van der Waals surface area contributed by atoms with E-state index in [9.17, 15) is 14.4 Å². The van der Waals surface area contributed by atoms with Crippen LogP contribution in [-0.2, 0) is 4.74 Å². The maximum absolute atomic E-state index is 12.6. The summed E-state index contributed by atoms with van der Waals surface area (Å²) >= 11 is 0. The molecule has 4 rings (SSSR count). The Morgan fingerprint density at radius 1 is 0.818 bits per heavy atom. The lowest BCUT2D eigenvalue weighted by Gasteiger charge is -2.12. The van der Waals surface area contributed by atoms with Gasteiger partial charge in [-0.1, -0.05) is 18.2 Å². The van der Waals surface area contributed by atoms with Crippen molar-refractivity contribution in [1.82, 2.24) is 4.90 Å². The Morgan fingerprint density at radius 2 is 1.45 bits per heavy atom. The van der Waals surface area contributed by atoms with Gasteiger partial charge in [-0.25, -0.2) is 4.79 Å². The average molecular weight is 445 g/mol. The standard InChI is InChI=1S/C25H23N3O5/c1-32-15-5-14-28-23(29)21-13-10-18(16-22(21)24(28)30)27-25(31)26-17-8-11-20(12-9-17)33-19-6-3-2-4-7-19/h2-4,6-13,16H,5,14-15H2,1H3,(H2,26,27,31). The number of ether oxygens (including phenoxy) is 2. The first-order valence-corrected chi connectivity index (χ1v) is 10.5. The SMILES string of the molecule is COCCCN1C(=O)c2ccc(NC(=O)Nc3ccc(Oc4ccccc4)cc3)cc2C1=O. The number of rotatable bonds is 8. The molecular weight excluding hydrogens is 422 g/mol. The van der Waals surface area contributed by atoms with Gasteiger partial charge in [-0.05, 0) is 61.0 Å². The largest absolute Gasteiger partial charge is 0.457 e. The number of methoxy groups -OCH3 is 1. The number of nitrogens with one attached hydrogen (secondary N) is 2. The van der Waals surface area contributed by atoms with Crippen molar-refractivity contribution in [3.8, 4) is 11.5 Å². The molecule has 0 spiro atoms. The lowest BCUT2D eigenvalue weighted by atomic mass is 10.1. The number of benzene rings is 3. The van der Waals surface area contributed by atoms with E-state index in [1.165, 1.54) is 11.0 Å². The topological polar surface area (TPSA) is 97.0 Å². The van der Waals surface area contributed by atoms with Crippen molar-refractivity contribution < 1.29 is 23.9 Å². The summed E-state index contributed by atoms with van der Waals surface area (Å²) in [4.78, 5) is 38.7. The van der Waals surface area contributed by atoms with E-state index >= 15 is 0 Å². The molecular formula is C25H23N3O5. The predicted octanol–water partition coefficient (Wildman–Crippen LogP) is 4.76. The van der Waals surface area contributed by atoms with Crippen LogP contribution in [0.25, 0.3) is 0 Å². The van der Waals surface area contributed by atoms with Crippen LogP contribution in [0.5, 0.6) is 11.5 Å². The predicted molar refractivity (Wildman–Crippen MR) is 124 cm³/mol. The molecule has 0 radical (unpaired) electrons. The van der Waals surface area contributed by atoms with E-state index in [0.29, 0.717) is 35.7 Å². The monoisotopic (exact) mass is 445 g/mol. The number of carbonyl (C=O) groups excluding carboxylic acids is 3. The van der Waals surface area contributed by atoms with Gasteiger partial charge in [0.2, 0.25) is 0 Å². The zero-order valence-corrected chi connectivity index (χ0v) is 18.0. The highest BCUT2D eigenvalue weighted by atomic mass is 16.5. The number of urea groups is 1. The first-order chi connectivity index (χ1) is 16.0. The summed E-state index contributed by atoms with van der Waals surface area (Å²) in [5, 5.41) is 5.42. The van der Waals surface area contributed by atoms with Crippen LogP contribution < -0.4 is 15.4 Å². The highest BCUT2D eigenvalue weighted by Gasteiger charge is 2.35. The van der Waals surface area contributed by atoms with Crippen LogP contribution in [-0.4, -0.2) is 43.0 Å². The molecule has 2 N–H and O–H groups in total. The highest BCUT2D eigenvalue weighted by Crippen LogP contribution is 2.26. The van der Waals surface area contributed by atoms with Gasteiger partial charge >= 0.3 is 6.03 Å². The summed E-state index contributed by atoms with van der Waals surface area (Å²) in [7, 11) is 1.57. The molecule has 4 amide bonds. The molecule has 33 heavy (non-hydrogen) atoms. The molecule has 0 saturated carbocycles. The van der Waals surface area contributed by atoms with Crippen molar-refractivity contribution >= 4 is 29.2 Å². The number of para-hydroxylation sites is 1. The molecule has 0 atom stereocenters. The lowest BCUT2D eigenvalue weighted by molar-refractivity contribution is 0.0638. The van der Waals surface area contributed by atoms with Gasteiger partial charge in [0.15, 0.2) is 0 Å². The number of nitrogens with zero attached hydrogens (tertiary/aromatic N) is 1. The van der Waals surface area contributed by atoms with Crippen molar-refractivity contribution in [2.24, 2.45) is 0 Å². The van der Waals surface area contributed by atoms with Crippen molar-refractivity contribution in [3.63, 3.8) is 0 Å². The first kappa shape index (κ1) is 22.0. The number of carbonyl (C=O) groups is 3. The van der Waals surface area contributed by atoms with E-state index in [0.717, 1.165) is 5.75 Å². The summed E-state index contributed by atoms with van der Waals surface area (Å²) in [5.74, 6) is 0.658. The second-order valence-electron chi connectivity index (χ2n) is 7.39. The molecule has 168 valence electrons. The fraction of sp³-hybridized carbons (Fsp3) is 0.160. The molecule has 1 heterocycles. The number of amides is 4. The molecule has 0 bridgehead atoms. The van der Waals surface area contributed by atoms with Gasteiger partial charge in [-0.3, -0.25) is 14.5 Å². The number of fused-ring (bicyclic) bond motifs is 1. The van der Waals surface area contributed by atoms with Crippen LogP contribution in [0.4, 0.5) is 16.2 Å². The van der Waals surface area contributed by atoms with Crippen LogP contribution in [0.1, 0.15) is 27.1 Å². The molecule has 8 heteroatoms. The molecule has 1 aliphatic rings. The van der Waals surface area contributed by atoms with E-state index in [2.05, 4.69) is 10.6 Å². The Labute approximate surface area is 191 Å². The minimum absolute atomic E-state index is 0.276.